The molecule has 3 N–H and O–H groups in total. The molecule has 4 aliphatic heterocycles. The molecule has 3 saturated heterocycles. The molecule has 78 heavy (non-hydrogen) atoms. The summed E-state index contributed by atoms with van der Waals surface area (Å²) < 4.78 is 8.16. The van der Waals surface area contributed by atoms with Crippen molar-refractivity contribution in [3.05, 3.63) is 119 Å². The predicted molar refractivity (Wildman–Crippen MR) is 298 cm³/mol. The van der Waals surface area contributed by atoms with E-state index in [1.54, 1.807) is 15.5 Å². The van der Waals surface area contributed by atoms with Gasteiger partial charge in [-0.3, -0.25) is 28.8 Å². The molecule has 10 rings (SSSR count). The van der Waals surface area contributed by atoms with Gasteiger partial charge in [-0.2, -0.15) is 15.2 Å². The quantitative estimate of drug-likeness (QED) is 0.0895. The second-order valence-corrected chi connectivity index (χ2v) is 21.4. The van der Waals surface area contributed by atoms with Gasteiger partial charge in [0, 0.05) is 113 Å². The van der Waals surface area contributed by atoms with E-state index in [1.165, 1.54) is 12.1 Å². The van der Waals surface area contributed by atoms with E-state index in [1.807, 2.05) is 67.3 Å². The van der Waals surface area contributed by atoms with E-state index in [4.69, 9.17) is 26.3 Å². The number of phenolic OH excluding ortho intramolecular Hbond substituents is 2. The third kappa shape index (κ3) is 11.3. The maximum Gasteiger partial charge on any atom is 0.318 e. The molecule has 3 amide bonds. The standard InChI is InChI=1S/C58H66ClN13O6/c1-5-51(75)71-28-27-70(34-41(71)17-19-60)54-43-18-21-69(48-16-10-12-39-11-9-15-46(59)53(39)48)35-47(43)62-58(63-54)78-36-42-29-38(33-66(42)4)30-52(76)68-25-23-67(24-26-68)22-20-61-57(77)56-65-64-55(72(56)40-13-7-6-8-14-40)45-31-44(37(2)3)49(73)32-50(45)74/h5-16,31-32,37-38,41-42,73-74H,1,17-18,20-30,33-36H2,2-4H3,(H,61,77)/t38-,41+,42+/m1/s1. The number of likely N-dealkylation sites (N-methyl/N-ethyl adjacent to an activating group) is 1. The first-order valence-electron chi connectivity index (χ1n) is 26.8. The molecule has 19 nitrogen and oxygen atoms in total. The van der Waals surface area contributed by atoms with Crippen LogP contribution in [0.1, 0.15) is 66.5 Å². The number of piperazine rings is 2. The summed E-state index contributed by atoms with van der Waals surface area (Å²) in [5.74, 6) is 0.518. The first-order chi connectivity index (χ1) is 37.8. The van der Waals surface area contributed by atoms with Crippen molar-refractivity contribution in [2.75, 3.05) is 95.4 Å². The van der Waals surface area contributed by atoms with Crippen molar-refractivity contribution in [3.8, 4) is 40.7 Å². The van der Waals surface area contributed by atoms with E-state index < -0.39 is 5.91 Å². The van der Waals surface area contributed by atoms with Crippen LogP contribution in [0.4, 0.5) is 11.5 Å². The van der Waals surface area contributed by atoms with E-state index >= 15 is 0 Å². The van der Waals surface area contributed by atoms with Crippen molar-refractivity contribution in [1.82, 2.24) is 49.6 Å². The van der Waals surface area contributed by atoms with Crippen LogP contribution in [0.15, 0.2) is 91.5 Å². The molecule has 0 saturated carbocycles. The fourth-order valence-corrected chi connectivity index (χ4v) is 11.8. The van der Waals surface area contributed by atoms with Crippen LogP contribution in [-0.2, 0) is 22.6 Å². The van der Waals surface area contributed by atoms with Crippen LogP contribution in [-0.4, -0.2) is 170 Å². The number of nitrogens with zero attached hydrogens (tertiary/aromatic N) is 12. The fraction of sp³-hybridized carbons (Fsp3) is 0.414. The SMILES string of the molecule is C=CC(=O)N1CCN(c2nc(OC[C@@H]3C[C@H](CC(=O)N4CCN(CCNC(=O)c5nnc(-c6cc(C(C)C)c(O)cc6O)n5-c5ccccc5)CC4)CN3C)nc3c2CCN(c2cccc4cccc(Cl)c24)C3)C[C@@H]1CC#N. The lowest BCUT2D eigenvalue weighted by Gasteiger charge is -2.42. The van der Waals surface area contributed by atoms with Gasteiger partial charge in [-0.05, 0) is 79.1 Å². The Labute approximate surface area is 459 Å². The number of anilines is 2. The monoisotopic (exact) mass is 1080 g/mol. The topological polar surface area (TPSA) is 213 Å². The number of fused-ring (bicyclic) bond motifs is 2. The molecular formula is C58H66ClN13O6. The summed E-state index contributed by atoms with van der Waals surface area (Å²) in [7, 11) is 2.06. The highest BCUT2D eigenvalue weighted by atomic mass is 35.5. The number of phenols is 2. The smallest absolute Gasteiger partial charge is 0.318 e. The highest BCUT2D eigenvalue weighted by molar-refractivity contribution is 6.36. The Morgan fingerprint density at radius 3 is 2.45 bits per heavy atom. The number of para-hydroxylation sites is 1. The lowest BCUT2D eigenvalue weighted by Crippen LogP contribution is -2.55. The van der Waals surface area contributed by atoms with Crippen molar-refractivity contribution >= 4 is 51.6 Å². The molecule has 0 aliphatic carbocycles. The van der Waals surface area contributed by atoms with E-state index in [-0.39, 0.29) is 71.3 Å². The van der Waals surface area contributed by atoms with E-state index in [0.717, 1.165) is 46.5 Å². The maximum atomic E-state index is 13.8. The van der Waals surface area contributed by atoms with Crippen molar-refractivity contribution in [3.63, 3.8) is 0 Å². The Hall–Kier alpha value is -7.79. The zero-order chi connectivity index (χ0) is 54.6. The molecule has 406 valence electrons. The number of nitriles is 1. The van der Waals surface area contributed by atoms with Crippen LogP contribution in [0.3, 0.4) is 0 Å². The van der Waals surface area contributed by atoms with Crippen molar-refractivity contribution in [1.29, 1.82) is 5.26 Å². The van der Waals surface area contributed by atoms with Gasteiger partial charge in [0.05, 0.1) is 41.4 Å². The molecule has 4 aliphatic rings. The average Bonchev–Trinajstić information content (AvgIpc) is 4.09. The number of amides is 3. The second-order valence-electron chi connectivity index (χ2n) is 21.0. The number of hydrogen-bond donors (Lipinski definition) is 3. The molecule has 0 spiro atoms. The Morgan fingerprint density at radius 2 is 1.69 bits per heavy atom. The van der Waals surface area contributed by atoms with Gasteiger partial charge >= 0.3 is 6.01 Å². The van der Waals surface area contributed by atoms with Gasteiger partial charge in [-0.15, -0.1) is 10.2 Å². The van der Waals surface area contributed by atoms with Gasteiger partial charge in [0.1, 0.15) is 23.9 Å². The van der Waals surface area contributed by atoms with Crippen LogP contribution in [0.2, 0.25) is 5.02 Å². The number of carbonyl (C=O) groups is 3. The van der Waals surface area contributed by atoms with Crippen LogP contribution < -0.4 is 19.9 Å². The predicted octanol–water partition coefficient (Wildman–Crippen LogP) is 6.41. The minimum atomic E-state index is -0.423. The van der Waals surface area contributed by atoms with Gasteiger partial charge in [-0.1, -0.05) is 74.5 Å². The van der Waals surface area contributed by atoms with Crippen molar-refractivity contribution in [2.45, 2.75) is 64.1 Å². The molecule has 0 bridgehead atoms. The molecular weight excluding hydrogens is 1010 g/mol. The average molecular weight is 1080 g/mol. The van der Waals surface area contributed by atoms with Crippen molar-refractivity contribution in [2.24, 2.45) is 5.92 Å². The van der Waals surface area contributed by atoms with Gasteiger partial charge in [-0.25, -0.2) is 0 Å². The number of ether oxygens (including phenoxy) is 1. The highest BCUT2D eigenvalue weighted by Crippen LogP contribution is 2.40. The molecule has 6 aromatic rings. The number of rotatable bonds is 16. The number of hydrogen-bond acceptors (Lipinski definition) is 15. The number of carbonyl (C=O) groups excluding carboxylic acids is 3. The first kappa shape index (κ1) is 53.6. The lowest BCUT2D eigenvalue weighted by molar-refractivity contribution is -0.134. The molecule has 20 heteroatoms. The summed E-state index contributed by atoms with van der Waals surface area (Å²) >= 11 is 6.81. The van der Waals surface area contributed by atoms with Gasteiger partial charge < -0.3 is 39.9 Å². The van der Waals surface area contributed by atoms with Gasteiger partial charge in [0.15, 0.2) is 5.82 Å². The molecule has 0 radical (unpaired) electrons. The largest absolute Gasteiger partial charge is 0.508 e. The van der Waals surface area contributed by atoms with E-state index in [2.05, 4.69) is 73.0 Å². The summed E-state index contributed by atoms with van der Waals surface area (Å²) in [5.41, 5.74) is 4.53. The second kappa shape index (κ2) is 23.4. The summed E-state index contributed by atoms with van der Waals surface area (Å²) in [6.07, 6.45) is 3.37. The summed E-state index contributed by atoms with van der Waals surface area (Å²) in [5, 5.41) is 45.5. The zero-order valence-electron chi connectivity index (χ0n) is 44.4. The zero-order valence-corrected chi connectivity index (χ0v) is 45.1. The lowest BCUT2D eigenvalue weighted by atomic mass is 9.98. The number of aromatic nitrogens is 5. The summed E-state index contributed by atoms with van der Waals surface area (Å²) in [6.45, 7) is 14.7. The van der Waals surface area contributed by atoms with Crippen LogP contribution in [0, 0.1) is 17.2 Å². The van der Waals surface area contributed by atoms with Crippen LogP contribution >= 0.6 is 11.6 Å². The van der Waals surface area contributed by atoms with Crippen LogP contribution in [0.25, 0.3) is 27.8 Å². The first-order valence-corrected chi connectivity index (χ1v) is 27.2. The molecule has 4 aromatic carbocycles. The highest BCUT2D eigenvalue weighted by Gasteiger charge is 2.36. The Balaban J connectivity index is 0.747. The van der Waals surface area contributed by atoms with E-state index in [0.29, 0.717) is 113 Å². The Bertz CT molecular complexity index is 3240. The Morgan fingerprint density at radius 1 is 0.910 bits per heavy atom. The number of halogens is 1. The van der Waals surface area contributed by atoms with E-state index in [9.17, 15) is 29.9 Å². The van der Waals surface area contributed by atoms with Gasteiger partial charge in [0.25, 0.3) is 5.91 Å². The summed E-state index contributed by atoms with van der Waals surface area (Å²) in [6, 6.07) is 26.6. The van der Waals surface area contributed by atoms with Crippen LogP contribution in [0.5, 0.6) is 17.5 Å². The maximum absolute atomic E-state index is 13.8. The molecule has 0 unspecified atom stereocenters. The number of benzene rings is 4. The molecule has 2 aromatic heterocycles. The Kier molecular flexibility index (Phi) is 16.1. The summed E-state index contributed by atoms with van der Waals surface area (Å²) in [4.78, 5) is 63.2. The third-order valence-corrected chi connectivity index (χ3v) is 16.0. The number of likely N-dealkylation sites (tertiary alicyclic amines) is 1. The molecule has 6 heterocycles. The normalized spacial score (nSPS) is 19.0. The molecule has 3 atom stereocenters. The van der Waals surface area contributed by atoms with Gasteiger partial charge in [0.2, 0.25) is 17.6 Å². The fourth-order valence-electron chi connectivity index (χ4n) is 11.6. The van der Waals surface area contributed by atoms with Crippen molar-refractivity contribution < 1.29 is 29.3 Å². The minimum Gasteiger partial charge on any atom is -0.508 e. The third-order valence-electron chi connectivity index (χ3n) is 15.7. The molecule has 3 fully saturated rings. The number of aromatic hydroxyl groups is 2. The number of nitrogens with one attached hydrogen (secondary N) is 1. The minimum absolute atomic E-state index is 0.0226.